The zero-order valence-electron chi connectivity index (χ0n) is 10.4. The molecule has 1 aliphatic rings. The molecule has 7 heteroatoms. The number of rotatable bonds is 3. The molecule has 0 saturated heterocycles. The Kier molecular flexibility index (Phi) is 2.85. The Morgan fingerprint density at radius 1 is 1.20 bits per heavy atom. The molecule has 1 aliphatic carbocycles. The minimum absolute atomic E-state index is 0.475. The topological polar surface area (TPSA) is 56.0 Å². The molecular weight excluding hydrogens is 294 g/mol. The van der Waals surface area contributed by atoms with Gasteiger partial charge in [-0.05, 0) is 36.7 Å². The molecule has 0 aliphatic heterocycles. The SMILES string of the molecule is Clc1cc(Sc2nnc3ccccn23)nc(C2CC2)n1. The summed E-state index contributed by atoms with van der Waals surface area (Å²) in [5, 5.41) is 10.4. The standard InChI is InChI=1S/C13H10ClN5S/c14-9-7-11(16-12(15-9)8-4-5-8)20-13-18-17-10-3-1-2-6-19(10)13/h1-3,6-8H,4-5H2. The van der Waals surface area contributed by atoms with Crippen molar-refractivity contribution in [3.63, 3.8) is 0 Å². The van der Waals surface area contributed by atoms with E-state index in [1.54, 1.807) is 6.07 Å². The Morgan fingerprint density at radius 2 is 2.10 bits per heavy atom. The molecule has 0 spiro atoms. The second kappa shape index (κ2) is 4.71. The van der Waals surface area contributed by atoms with Crippen molar-refractivity contribution in [1.29, 1.82) is 0 Å². The third kappa shape index (κ3) is 2.25. The fraction of sp³-hybridized carbons (Fsp3) is 0.231. The van der Waals surface area contributed by atoms with Crippen molar-refractivity contribution in [2.75, 3.05) is 0 Å². The average Bonchev–Trinajstić information content (AvgIpc) is 3.22. The number of pyridine rings is 1. The number of aromatic nitrogens is 5. The van der Waals surface area contributed by atoms with Crippen LogP contribution in [-0.4, -0.2) is 24.6 Å². The normalized spacial score (nSPS) is 14.8. The van der Waals surface area contributed by atoms with Crippen molar-refractivity contribution in [1.82, 2.24) is 24.6 Å². The quantitative estimate of drug-likeness (QED) is 0.695. The summed E-state index contributed by atoms with van der Waals surface area (Å²) < 4.78 is 1.93. The molecule has 0 radical (unpaired) electrons. The number of fused-ring (bicyclic) bond motifs is 1. The van der Waals surface area contributed by atoms with Crippen molar-refractivity contribution < 1.29 is 0 Å². The maximum absolute atomic E-state index is 6.07. The second-order valence-corrected chi connectivity index (χ2v) is 6.05. The van der Waals surface area contributed by atoms with Gasteiger partial charge in [0.2, 0.25) is 5.16 Å². The van der Waals surface area contributed by atoms with Crippen LogP contribution in [0.15, 0.2) is 40.6 Å². The van der Waals surface area contributed by atoms with Crippen LogP contribution in [0.25, 0.3) is 5.65 Å². The lowest BCUT2D eigenvalue weighted by Crippen LogP contribution is -1.95. The van der Waals surface area contributed by atoms with E-state index in [-0.39, 0.29) is 0 Å². The lowest BCUT2D eigenvalue weighted by atomic mass is 10.4. The van der Waals surface area contributed by atoms with Crippen molar-refractivity contribution >= 4 is 29.0 Å². The third-order valence-corrected chi connectivity index (χ3v) is 4.18. The summed E-state index contributed by atoms with van der Waals surface area (Å²) in [5.41, 5.74) is 0.817. The minimum atomic E-state index is 0.475. The summed E-state index contributed by atoms with van der Waals surface area (Å²) in [6, 6.07) is 7.57. The molecule has 20 heavy (non-hydrogen) atoms. The zero-order valence-corrected chi connectivity index (χ0v) is 12.0. The molecule has 1 fully saturated rings. The molecule has 0 atom stereocenters. The fourth-order valence-corrected chi connectivity index (χ4v) is 3.06. The molecule has 4 rings (SSSR count). The van der Waals surface area contributed by atoms with E-state index in [0.29, 0.717) is 11.1 Å². The number of hydrogen-bond donors (Lipinski definition) is 0. The van der Waals surface area contributed by atoms with Gasteiger partial charge in [0.1, 0.15) is 16.0 Å². The van der Waals surface area contributed by atoms with E-state index in [2.05, 4.69) is 20.2 Å². The largest absolute Gasteiger partial charge is 0.277 e. The highest BCUT2D eigenvalue weighted by molar-refractivity contribution is 7.99. The predicted octanol–water partition coefficient (Wildman–Crippen LogP) is 3.20. The molecular formula is C13H10ClN5S. The van der Waals surface area contributed by atoms with Crippen LogP contribution in [0.5, 0.6) is 0 Å². The summed E-state index contributed by atoms with van der Waals surface area (Å²) in [4.78, 5) is 8.85. The van der Waals surface area contributed by atoms with E-state index >= 15 is 0 Å². The van der Waals surface area contributed by atoms with E-state index in [9.17, 15) is 0 Å². The molecule has 1 saturated carbocycles. The van der Waals surface area contributed by atoms with Gasteiger partial charge in [0.25, 0.3) is 0 Å². The molecule has 0 unspecified atom stereocenters. The van der Waals surface area contributed by atoms with Gasteiger partial charge in [-0.1, -0.05) is 17.7 Å². The van der Waals surface area contributed by atoms with Crippen molar-refractivity contribution in [2.45, 2.75) is 28.9 Å². The first-order valence-electron chi connectivity index (χ1n) is 6.32. The number of nitrogens with zero attached hydrogens (tertiary/aromatic N) is 5. The molecule has 100 valence electrons. The van der Waals surface area contributed by atoms with Gasteiger partial charge in [-0.3, -0.25) is 4.40 Å². The van der Waals surface area contributed by atoms with Gasteiger partial charge in [0.05, 0.1) is 0 Å². The van der Waals surface area contributed by atoms with Crippen LogP contribution >= 0.6 is 23.4 Å². The molecule has 0 amide bonds. The van der Waals surface area contributed by atoms with Crippen LogP contribution in [0.4, 0.5) is 0 Å². The molecule has 0 N–H and O–H groups in total. The molecule has 0 aromatic carbocycles. The maximum atomic E-state index is 6.07. The van der Waals surface area contributed by atoms with Gasteiger partial charge in [-0.2, -0.15) is 0 Å². The zero-order chi connectivity index (χ0) is 13.5. The molecule has 3 heterocycles. The Labute approximate surface area is 124 Å². The van der Waals surface area contributed by atoms with Gasteiger partial charge in [-0.25, -0.2) is 9.97 Å². The highest BCUT2D eigenvalue weighted by atomic mass is 35.5. The average molecular weight is 304 g/mol. The van der Waals surface area contributed by atoms with Crippen LogP contribution in [0.1, 0.15) is 24.6 Å². The van der Waals surface area contributed by atoms with E-state index in [4.69, 9.17) is 11.6 Å². The number of hydrogen-bond acceptors (Lipinski definition) is 5. The predicted molar refractivity (Wildman–Crippen MR) is 76.1 cm³/mol. The first-order valence-corrected chi connectivity index (χ1v) is 7.51. The van der Waals surface area contributed by atoms with Gasteiger partial charge in [0, 0.05) is 18.2 Å². The summed E-state index contributed by atoms with van der Waals surface area (Å²) >= 11 is 7.52. The van der Waals surface area contributed by atoms with Crippen LogP contribution in [0, 0.1) is 0 Å². The fourth-order valence-electron chi connectivity index (χ4n) is 1.97. The molecule has 3 aromatic rings. The minimum Gasteiger partial charge on any atom is -0.277 e. The Balaban J connectivity index is 1.71. The monoisotopic (exact) mass is 303 g/mol. The molecule has 3 aromatic heterocycles. The van der Waals surface area contributed by atoms with Crippen molar-refractivity contribution in [3.8, 4) is 0 Å². The van der Waals surface area contributed by atoms with Crippen molar-refractivity contribution in [2.24, 2.45) is 0 Å². The van der Waals surface area contributed by atoms with Crippen LogP contribution < -0.4 is 0 Å². The highest BCUT2D eigenvalue weighted by Gasteiger charge is 2.27. The van der Waals surface area contributed by atoms with Crippen molar-refractivity contribution in [3.05, 3.63) is 41.4 Å². The Bertz CT molecular complexity index is 783. The number of halogens is 1. The Hall–Kier alpha value is -1.66. The first-order chi connectivity index (χ1) is 9.79. The smallest absolute Gasteiger partial charge is 0.201 e. The van der Waals surface area contributed by atoms with Crippen LogP contribution in [-0.2, 0) is 0 Å². The first kappa shape index (κ1) is 12.1. The third-order valence-electron chi connectivity index (χ3n) is 3.11. The van der Waals surface area contributed by atoms with E-state index in [0.717, 1.165) is 34.5 Å². The summed E-state index contributed by atoms with van der Waals surface area (Å²) in [6.07, 6.45) is 4.24. The summed E-state index contributed by atoms with van der Waals surface area (Å²) in [6.45, 7) is 0. The highest BCUT2D eigenvalue weighted by Crippen LogP contribution is 2.39. The lowest BCUT2D eigenvalue weighted by molar-refractivity contribution is 0.868. The maximum Gasteiger partial charge on any atom is 0.201 e. The van der Waals surface area contributed by atoms with Gasteiger partial charge < -0.3 is 0 Å². The van der Waals surface area contributed by atoms with Crippen LogP contribution in [0.3, 0.4) is 0 Å². The Morgan fingerprint density at radius 3 is 2.95 bits per heavy atom. The van der Waals surface area contributed by atoms with Gasteiger partial charge >= 0.3 is 0 Å². The van der Waals surface area contributed by atoms with E-state index in [1.165, 1.54) is 11.8 Å². The molecule has 5 nitrogen and oxygen atoms in total. The molecule has 0 bridgehead atoms. The van der Waals surface area contributed by atoms with E-state index < -0.39 is 0 Å². The summed E-state index contributed by atoms with van der Waals surface area (Å²) in [7, 11) is 0. The second-order valence-electron chi connectivity index (χ2n) is 4.67. The van der Waals surface area contributed by atoms with E-state index in [1.807, 2.05) is 28.8 Å². The van der Waals surface area contributed by atoms with Gasteiger partial charge in [-0.15, -0.1) is 10.2 Å². The summed E-state index contributed by atoms with van der Waals surface area (Å²) in [5.74, 6) is 1.32. The lowest BCUT2D eigenvalue weighted by Gasteiger charge is -2.03. The van der Waals surface area contributed by atoms with Gasteiger partial charge in [0.15, 0.2) is 5.65 Å². The van der Waals surface area contributed by atoms with Crippen LogP contribution in [0.2, 0.25) is 5.15 Å².